The number of likely N-dealkylation sites (tertiary alicyclic amines) is 1. The van der Waals surface area contributed by atoms with Crippen LogP contribution in [-0.4, -0.2) is 141 Å². The molecule has 4 aromatic heterocycles. The Morgan fingerprint density at radius 2 is 1.09 bits per heavy atom. The summed E-state index contributed by atoms with van der Waals surface area (Å²) in [4.78, 5) is 87.1. The lowest BCUT2D eigenvalue weighted by molar-refractivity contribution is -0.135. The van der Waals surface area contributed by atoms with E-state index < -0.39 is 5.60 Å². The summed E-state index contributed by atoms with van der Waals surface area (Å²) in [5.74, 6) is 7.18. The van der Waals surface area contributed by atoms with Gasteiger partial charge in [-0.05, 0) is 217 Å². The van der Waals surface area contributed by atoms with Crippen molar-refractivity contribution < 1.29 is 33.0 Å². The minimum atomic E-state index is -0.700. The molecule has 5 saturated carbocycles. The molecule has 6 aromatic rings. The second kappa shape index (κ2) is 33.2. The van der Waals surface area contributed by atoms with Gasteiger partial charge in [0.25, 0.3) is 0 Å². The largest absolute Gasteiger partial charge is 0.497 e. The van der Waals surface area contributed by atoms with Crippen molar-refractivity contribution in [3.8, 4) is 5.75 Å². The predicted molar refractivity (Wildman–Crippen MR) is 395 cm³/mol. The highest BCUT2D eigenvalue weighted by atomic mass is 19.1. The zero-order valence-corrected chi connectivity index (χ0v) is 62.3. The van der Waals surface area contributed by atoms with Gasteiger partial charge in [0.05, 0.1) is 40.9 Å². The number of amides is 4. The van der Waals surface area contributed by atoms with Crippen LogP contribution in [-0.2, 0) is 38.8 Å². The minimum absolute atomic E-state index is 0.0407. The number of fused-ring (bicyclic) bond motifs is 3. The van der Waals surface area contributed by atoms with Crippen molar-refractivity contribution in [2.75, 3.05) is 39.8 Å². The number of piperidine rings is 1. The van der Waals surface area contributed by atoms with Crippen molar-refractivity contribution in [2.24, 2.45) is 35.5 Å². The van der Waals surface area contributed by atoms with Gasteiger partial charge >= 0.3 is 6.09 Å². The molecule has 2 aromatic carbocycles. The highest BCUT2D eigenvalue weighted by molar-refractivity contribution is 5.81. The number of ether oxygens (including phenoxy) is 2. The number of benzene rings is 2. The maximum Gasteiger partial charge on any atom is 0.410 e. The first-order valence-electron chi connectivity index (χ1n) is 39.8. The highest BCUT2D eigenvalue weighted by Crippen LogP contribution is 2.51. The number of halogens is 1. The summed E-state index contributed by atoms with van der Waals surface area (Å²) >= 11 is 0. The maximum absolute atomic E-state index is 15.2. The Labute approximate surface area is 595 Å². The molecule has 12 rings (SSSR count). The van der Waals surface area contributed by atoms with E-state index in [2.05, 4.69) is 86.2 Å². The summed E-state index contributed by atoms with van der Waals surface area (Å²) in [5, 5.41) is 0. The monoisotopic (exact) mass is 1370 g/mol. The van der Waals surface area contributed by atoms with Gasteiger partial charge in [0.1, 0.15) is 40.2 Å². The van der Waals surface area contributed by atoms with Crippen LogP contribution in [0.1, 0.15) is 270 Å². The number of pyridine rings is 1. The number of aromatic nitrogens is 7. The zero-order valence-electron chi connectivity index (χ0n) is 62.3. The van der Waals surface area contributed by atoms with Crippen LogP contribution in [0.4, 0.5) is 9.18 Å². The molecule has 4 amide bonds. The van der Waals surface area contributed by atoms with Crippen LogP contribution in [0.3, 0.4) is 0 Å². The lowest BCUT2D eigenvalue weighted by Crippen LogP contribution is -2.49. The molecule has 546 valence electrons. The lowest BCUT2D eigenvalue weighted by atomic mass is 9.64. The molecule has 1 aliphatic heterocycles. The second-order valence-corrected chi connectivity index (χ2v) is 32.3. The quantitative estimate of drug-likeness (QED) is 0.0538. The van der Waals surface area contributed by atoms with Crippen LogP contribution in [0, 0.1) is 41.3 Å². The van der Waals surface area contributed by atoms with Crippen molar-refractivity contribution in [1.29, 1.82) is 0 Å². The zero-order chi connectivity index (χ0) is 70.2. The predicted octanol–water partition coefficient (Wildman–Crippen LogP) is 17.6. The van der Waals surface area contributed by atoms with Crippen LogP contribution in [0.25, 0.3) is 33.1 Å². The molecule has 5 aliphatic carbocycles. The number of hydrogen-bond acceptors (Lipinski definition) is 10. The van der Waals surface area contributed by atoms with Gasteiger partial charge in [0.15, 0.2) is 0 Å². The van der Waals surface area contributed by atoms with Crippen molar-refractivity contribution in [3.05, 3.63) is 78.1 Å². The van der Waals surface area contributed by atoms with Crippen LogP contribution in [0.5, 0.6) is 5.75 Å². The molecule has 100 heavy (non-hydrogen) atoms. The van der Waals surface area contributed by atoms with Gasteiger partial charge in [0, 0.05) is 126 Å². The van der Waals surface area contributed by atoms with Gasteiger partial charge in [0.2, 0.25) is 17.7 Å². The Balaban J connectivity index is 0.738. The summed E-state index contributed by atoms with van der Waals surface area (Å²) in [6, 6.07) is 13.6. The van der Waals surface area contributed by atoms with E-state index in [4.69, 9.17) is 24.4 Å². The van der Waals surface area contributed by atoms with E-state index in [0.717, 1.165) is 159 Å². The summed E-state index contributed by atoms with van der Waals surface area (Å²) in [6.07, 6.45) is 31.9. The molecule has 6 aliphatic rings. The minimum Gasteiger partial charge on any atom is -0.497 e. The van der Waals surface area contributed by atoms with Gasteiger partial charge in [-0.2, -0.15) is 0 Å². The normalized spacial score (nSPS) is 25.7. The molecule has 0 bridgehead atoms. The molecular weight excluding hydrogens is 1250 g/mol. The van der Waals surface area contributed by atoms with E-state index in [9.17, 15) is 14.4 Å². The average Bonchev–Trinajstić information content (AvgIpc) is 1.59. The third-order valence-electron chi connectivity index (χ3n) is 25.0. The third kappa shape index (κ3) is 16.7. The molecule has 0 N–H and O–H groups in total. The number of nitrogens with zero attached hydrogens (tertiary/aromatic N) is 11. The van der Waals surface area contributed by atoms with Gasteiger partial charge in [-0.25, -0.2) is 24.1 Å². The third-order valence-corrected chi connectivity index (χ3v) is 25.0. The number of imidazole rings is 3. The molecule has 0 spiro atoms. The van der Waals surface area contributed by atoms with Crippen molar-refractivity contribution >= 4 is 56.9 Å². The first-order valence-corrected chi connectivity index (χ1v) is 39.8. The van der Waals surface area contributed by atoms with E-state index in [1.54, 1.807) is 13.2 Å². The average molecular weight is 1370 g/mol. The summed E-state index contributed by atoms with van der Waals surface area (Å²) in [7, 11) is 1.71. The van der Waals surface area contributed by atoms with Crippen molar-refractivity contribution in [1.82, 2.24) is 53.2 Å². The standard InChI is InChI=1S/C82H120FN11O6/c1-10-19-55-25-28-58(29-26-55)78-87-71-52-84-43-39-74(71)93(78)45-41-76(96)90(13-4)64-33-30-57(31-34-64)68-47-56(20-11-2)27-36-67(68)80-86-70-51-66(99-9)35-38-73(70)94(80)46-42-77(97)91(14-5)65-24-18-21-59(49-65)60-48-61(54-88(53-60)81(98)100-82(6,7)8)79-85-69-50-62(83)32-37-72(69)92(79)44-40-75(95)89(12-3)63-22-16-15-17-23-63/h32,35,37-39,43,50-52,55-61,63-65,67-68H,10-31,33-34,36,40-42,44-49,53-54H2,1-9H3/t55?,56-,57?,58?,59?,60?,61?,64?,65?,67-,68?/m0/s1. The first kappa shape index (κ1) is 73.2. The van der Waals surface area contributed by atoms with Crippen LogP contribution >= 0.6 is 0 Å². The fourth-order valence-corrected chi connectivity index (χ4v) is 20.2. The maximum atomic E-state index is 15.2. The van der Waals surface area contributed by atoms with Crippen molar-refractivity contribution in [3.63, 3.8) is 0 Å². The number of carbonyl (C=O) groups is 4. The molecular formula is C82H120FN11O6. The van der Waals surface area contributed by atoms with Crippen LogP contribution < -0.4 is 4.74 Å². The SMILES string of the molecule is CCCC1CCC(c2nc3cnccc3n2CCC(=O)N(CC)C2CCC(C3C[C@@H](CCC)CC[C@@H]3c3nc4cc(OC)ccc4n3CCC(=O)N(CC)C3CCCC(C4CC(c5nc6cc(F)ccc6n5CCC(=O)N(CC)C5CCCCC5)CN(C(=O)OC(C)(C)C)C4)C3)CC2)CC1. The van der Waals surface area contributed by atoms with Gasteiger partial charge in [-0.3, -0.25) is 19.4 Å². The van der Waals surface area contributed by atoms with Gasteiger partial charge < -0.3 is 42.8 Å². The van der Waals surface area contributed by atoms with Gasteiger partial charge in [-0.15, -0.1) is 0 Å². The second-order valence-electron chi connectivity index (χ2n) is 32.3. The summed E-state index contributed by atoms with van der Waals surface area (Å²) < 4.78 is 33.9. The van der Waals surface area contributed by atoms with Crippen molar-refractivity contribution in [2.45, 2.75) is 296 Å². The summed E-state index contributed by atoms with van der Waals surface area (Å²) in [5.41, 5.74) is 4.62. The molecule has 0 radical (unpaired) electrons. The Morgan fingerprint density at radius 1 is 0.530 bits per heavy atom. The molecule has 17 nitrogen and oxygen atoms in total. The topological polar surface area (TPSA) is 166 Å². The Hall–Kier alpha value is -6.59. The Morgan fingerprint density at radius 3 is 1.73 bits per heavy atom. The molecule has 18 heteroatoms. The number of hydrogen-bond donors (Lipinski definition) is 0. The Kier molecular flexibility index (Phi) is 24.3. The molecule has 5 heterocycles. The fourth-order valence-electron chi connectivity index (χ4n) is 20.2. The molecule has 6 fully saturated rings. The smallest absolute Gasteiger partial charge is 0.410 e. The molecule has 7 atom stereocenters. The number of rotatable bonds is 25. The lowest BCUT2D eigenvalue weighted by Gasteiger charge is -2.45. The van der Waals surface area contributed by atoms with E-state index >= 15 is 9.18 Å². The number of carbonyl (C=O) groups excluding carboxylic acids is 4. The first-order chi connectivity index (χ1) is 48.5. The molecule has 5 unspecified atom stereocenters. The number of aryl methyl sites for hydroxylation is 3. The number of methoxy groups -OCH3 is 1. The van der Waals surface area contributed by atoms with E-state index in [0.29, 0.717) is 101 Å². The van der Waals surface area contributed by atoms with Crippen LogP contribution in [0.15, 0.2) is 54.9 Å². The summed E-state index contributed by atoms with van der Waals surface area (Å²) in [6.45, 7) is 21.2. The van der Waals surface area contributed by atoms with Crippen LogP contribution in [0.2, 0.25) is 0 Å². The highest BCUT2D eigenvalue weighted by Gasteiger charge is 2.44. The van der Waals surface area contributed by atoms with Gasteiger partial charge in [-0.1, -0.05) is 65.2 Å². The Bertz CT molecular complexity index is 3720. The fraction of sp³-hybridized carbons (Fsp3) is 0.707. The van der Waals surface area contributed by atoms with E-state index in [-0.39, 0.29) is 71.4 Å². The van der Waals surface area contributed by atoms with E-state index in [1.165, 1.54) is 69.9 Å². The molecule has 1 saturated heterocycles. The van der Waals surface area contributed by atoms with E-state index in [1.807, 2.05) is 44.1 Å².